The molecule has 0 saturated carbocycles. The van der Waals surface area contributed by atoms with E-state index in [0.29, 0.717) is 0 Å². The van der Waals surface area contributed by atoms with Crippen LogP contribution >= 0.6 is 0 Å². The molecule has 1 saturated heterocycles. The monoisotopic (exact) mass is 488 g/mol. The molecule has 1 fully saturated rings. The molecule has 6 aromatic rings. The molecule has 9 heteroatoms. The number of aromatic hydroxyl groups is 1. The van der Waals surface area contributed by atoms with E-state index in [1.807, 2.05) is 64.2 Å². The van der Waals surface area contributed by atoms with Gasteiger partial charge in [-0.25, -0.2) is 9.67 Å². The molecule has 1 N–H and O–H groups in total. The Hall–Kier alpha value is -4.92. The predicted molar refractivity (Wildman–Crippen MR) is 143 cm³/mol. The van der Waals surface area contributed by atoms with E-state index >= 15 is 0 Å². The number of rotatable bonds is 4. The molecule has 182 valence electrons. The lowest BCUT2D eigenvalue weighted by Crippen LogP contribution is -2.46. The van der Waals surface area contributed by atoms with Crippen molar-refractivity contribution in [3.63, 3.8) is 0 Å². The number of phenols is 1. The van der Waals surface area contributed by atoms with Crippen molar-refractivity contribution in [3.8, 4) is 22.7 Å². The largest absolute Gasteiger partial charge is 0.508 e. The molecule has 0 amide bonds. The smallest absolute Gasteiger partial charge is 0.167 e. The molecule has 0 bridgehead atoms. The van der Waals surface area contributed by atoms with E-state index < -0.39 is 0 Å². The van der Waals surface area contributed by atoms with Crippen LogP contribution in [-0.2, 0) is 0 Å². The highest BCUT2D eigenvalue weighted by Gasteiger charge is 2.22. The number of anilines is 2. The van der Waals surface area contributed by atoms with Gasteiger partial charge >= 0.3 is 0 Å². The number of pyridine rings is 1. The Bertz CT molecular complexity index is 1700. The molecule has 1 aliphatic rings. The molecule has 2 aromatic carbocycles. The lowest BCUT2D eigenvalue weighted by atomic mass is 10.1. The number of aromatic nitrogens is 6. The first-order valence-corrected chi connectivity index (χ1v) is 12.3. The third-order valence-corrected chi connectivity index (χ3v) is 6.92. The van der Waals surface area contributed by atoms with E-state index in [2.05, 4.69) is 33.0 Å². The van der Waals surface area contributed by atoms with Gasteiger partial charge in [0.25, 0.3) is 0 Å². The molecule has 5 heterocycles. The fourth-order valence-corrected chi connectivity index (χ4v) is 4.98. The van der Waals surface area contributed by atoms with Crippen LogP contribution in [0.5, 0.6) is 5.75 Å². The normalized spacial score (nSPS) is 14.1. The van der Waals surface area contributed by atoms with Gasteiger partial charge < -0.3 is 14.9 Å². The van der Waals surface area contributed by atoms with Gasteiger partial charge in [0.05, 0.1) is 17.9 Å². The summed E-state index contributed by atoms with van der Waals surface area (Å²) in [4.78, 5) is 14.0. The van der Waals surface area contributed by atoms with Crippen molar-refractivity contribution in [1.82, 2.24) is 29.4 Å². The lowest BCUT2D eigenvalue weighted by molar-refractivity contribution is 0.475. The maximum atomic E-state index is 9.64. The highest BCUT2D eigenvalue weighted by Crippen LogP contribution is 2.29. The summed E-state index contributed by atoms with van der Waals surface area (Å²) in [7, 11) is 0. The van der Waals surface area contributed by atoms with Crippen molar-refractivity contribution in [3.05, 3.63) is 91.5 Å². The second kappa shape index (κ2) is 8.63. The number of hydrogen-bond acceptors (Lipinski definition) is 7. The summed E-state index contributed by atoms with van der Waals surface area (Å²) in [5.74, 6) is 2.00. The zero-order chi connectivity index (χ0) is 24.8. The van der Waals surface area contributed by atoms with Gasteiger partial charge in [0.1, 0.15) is 11.6 Å². The quantitative estimate of drug-likeness (QED) is 0.399. The summed E-state index contributed by atoms with van der Waals surface area (Å²) in [6.07, 6.45) is 7.33. The van der Waals surface area contributed by atoms with Gasteiger partial charge in [0.15, 0.2) is 11.5 Å². The standard InChI is InChI=1S/C28H24N8O/c37-23-9-7-22(8-10-23)33-12-14-34(15-13-33)26-16-27(35-25-6-2-1-4-21(25)18-30-35)36-28(32-26)24(19-31-36)20-5-3-11-29-17-20/h1-11,16-19,37H,12-15H2. The third-order valence-electron chi connectivity index (χ3n) is 6.92. The summed E-state index contributed by atoms with van der Waals surface area (Å²) in [6.45, 7) is 3.35. The van der Waals surface area contributed by atoms with Crippen molar-refractivity contribution < 1.29 is 5.11 Å². The van der Waals surface area contributed by atoms with Crippen LogP contribution < -0.4 is 9.80 Å². The lowest BCUT2D eigenvalue weighted by Gasteiger charge is -2.36. The minimum Gasteiger partial charge on any atom is -0.508 e. The van der Waals surface area contributed by atoms with Crippen LogP contribution in [-0.4, -0.2) is 60.6 Å². The Morgan fingerprint density at radius 1 is 0.757 bits per heavy atom. The van der Waals surface area contributed by atoms with Crippen LogP contribution in [0.15, 0.2) is 91.5 Å². The maximum absolute atomic E-state index is 9.64. The van der Waals surface area contributed by atoms with Gasteiger partial charge in [0.2, 0.25) is 0 Å². The van der Waals surface area contributed by atoms with E-state index in [0.717, 1.165) is 71.2 Å². The SMILES string of the molecule is Oc1ccc(N2CCN(c3cc(-n4ncc5ccccc54)n4ncc(-c5cccnc5)c4n3)CC2)cc1. The molecule has 0 radical (unpaired) electrons. The minimum absolute atomic E-state index is 0.281. The molecule has 1 aliphatic heterocycles. The zero-order valence-corrected chi connectivity index (χ0v) is 20.0. The summed E-state index contributed by atoms with van der Waals surface area (Å²) < 4.78 is 3.79. The molecular formula is C28H24N8O. The number of benzene rings is 2. The first-order valence-electron chi connectivity index (χ1n) is 12.3. The number of fused-ring (bicyclic) bond motifs is 2. The first-order chi connectivity index (χ1) is 18.2. The molecule has 4 aromatic heterocycles. The summed E-state index contributed by atoms with van der Waals surface area (Å²) >= 11 is 0. The molecule has 7 rings (SSSR count). The Labute approximate surface area is 212 Å². The van der Waals surface area contributed by atoms with Gasteiger partial charge in [-0.05, 0) is 36.4 Å². The predicted octanol–water partition coefficient (Wildman–Crippen LogP) is 4.16. The number of para-hydroxylation sites is 1. The van der Waals surface area contributed by atoms with E-state index in [1.165, 1.54) is 0 Å². The molecular weight excluding hydrogens is 464 g/mol. The summed E-state index contributed by atoms with van der Waals surface area (Å²) in [6, 6.07) is 21.6. The number of phenolic OH excluding ortho intramolecular Hbond substituents is 1. The molecule has 37 heavy (non-hydrogen) atoms. The van der Waals surface area contributed by atoms with Crippen LogP contribution in [0, 0.1) is 0 Å². The maximum Gasteiger partial charge on any atom is 0.167 e. The fraction of sp³-hybridized carbons (Fsp3) is 0.143. The first kappa shape index (κ1) is 21.4. The van der Waals surface area contributed by atoms with Crippen molar-refractivity contribution in [2.75, 3.05) is 36.0 Å². The second-order valence-electron chi connectivity index (χ2n) is 9.11. The topological polar surface area (TPSA) is 87.6 Å². The average Bonchev–Trinajstić information content (AvgIpc) is 3.58. The van der Waals surface area contributed by atoms with Crippen LogP contribution in [0.1, 0.15) is 0 Å². The molecule has 0 spiro atoms. The summed E-state index contributed by atoms with van der Waals surface area (Å²) in [5, 5.41) is 20.1. The van der Waals surface area contributed by atoms with Gasteiger partial charge in [0, 0.05) is 66.8 Å². The Morgan fingerprint density at radius 2 is 1.57 bits per heavy atom. The Morgan fingerprint density at radius 3 is 2.38 bits per heavy atom. The van der Waals surface area contributed by atoms with Gasteiger partial charge in [-0.2, -0.15) is 14.7 Å². The second-order valence-corrected chi connectivity index (χ2v) is 9.11. The van der Waals surface area contributed by atoms with Gasteiger partial charge in [-0.15, -0.1) is 0 Å². The Balaban J connectivity index is 1.32. The third kappa shape index (κ3) is 3.72. The Kier molecular flexibility index (Phi) is 4.99. The average molecular weight is 489 g/mol. The van der Waals surface area contributed by atoms with E-state index in [4.69, 9.17) is 15.2 Å². The van der Waals surface area contributed by atoms with Gasteiger partial charge in [-0.1, -0.05) is 24.3 Å². The van der Waals surface area contributed by atoms with E-state index in [1.54, 1.807) is 18.3 Å². The highest BCUT2D eigenvalue weighted by molar-refractivity contribution is 5.82. The molecule has 0 atom stereocenters. The van der Waals surface area contributed by atoms with Crippen molar-refractivity contribution in [2.24, 2.45) is 0 Å². The number of piperazine rings is 1. The van der Waals surface area contributed by atoms with Crippen LogP contribution in [0.3, 0.4) is 0 Å². The highest BCUT2D eigenvalue weighted by atomic mass is 16.3. The summed E-state index contributed by atoms with van der Waals surface area (Å²) in [5.41, 5.74) is 4.78. The number of hydrogen-bond donors (Lipinski definition) is 1. The zero-order valence-electron chi connectivity index (χ0n) is 20.0. The molecule has 9 nitrogen and oxygen atoms in total. The van der Waals surface area contributed by atoms with Crippen LogP contribution in [0.25, 0.3) is 33.5 Å². The minimum atomic E-state index is 0.281. The molecule has 0 aliphatic carbocycles. The fourth-order valence-electron chi connectivity index (χ4n) is 4.98. The molecule has 0 unspecified atom stereocenters. The van der Waals surface area contributed by atoms with Crippen molar-refractivity contribution >= 4 is 28.1 Å². The van der Waals surface area contributed by atoms with Crippen LogP contribution in [0.4, 0.5) is 11.5 Å². The van der Waals surface area contributed by atoms with Crippen LogP contribution in [0.2, 0.25) is 0 Å². The van der Waals surface area contributed by atoms with E-state index in [9.17, 15) is 5.11 Å². The van der Waals surface area contributed by atoms with Gasteiger partial charge in [-0.3, -0.25) is 4.98 Å². The number of nitrogens with zero attached hydrogens (tertiary/aromatic N) is 8. The van der Waals surface area contributed by atoms with E-state index in [-0.39, 0.29) is 5.75 Å². The van der Waals surface area contributed by atoms with Crippen molar-refractivity contribution in [2.45, 2.75) is 0 Å². The van der Waals surface area contributed by atoms with Crippen molar-refractivity contribution in [1.29, 1.82) is 0 Å².